The second kappa shape index (κ2) is 5.22. The average molecular weight is 185 g/mol. The van der Waals surface area contributed by atoms with Crippen molar-refractivity contribution in [1.29, 1.82) is 0 Å². The van der Waals surface area contributed by atoms with E-state index in [9.17, 15) is 4.79 Å². The second-order valence-electron chi connectivity index (χ2n) is 3.96. The number of amides is 1. The number of carbonyl (C=O) groups is 1. The zero-order valence-electron chi connectivity index (χ0n) is 8.51. The van der Waals surface area contributed by atoms with Crippen molar-refractivity contribution in [2.45, 2.75) is 26.7 Å². The van der Waals surface area contributed by atoms with Crippen molar-refractivity contribution in [3.05, 3.63) is 0 Å². The summed E-state index contributed by atoms with van der Waals surface area (Å²) < 4.78 is 5.37. The van der Waals surface area contributed by atoms with Crippen molar-refractivity contribution in [2.75, 3.05) is 19.8 Å². The van der Waals surface area contributed by atoms with Crippen LogP contribution in [0.25, 0.3) is 0 Å². The molecule has 0 aromatic carbocycles. The Labute approximate surface area is 79.8 Å². The van der Waals surface area contributed by atoms with Crippen LogP contribution in [0.1, 0.15) is 26.7 Å². The molecule has 0 aromatic rings. The number of nitrogens with one attached hydrogen (secondary N) is 1. The third kappa shape index (κ3) is 4.88. The fourth-order valence-corrected chi connectivity index (χ4v) is 0.985. The van der Waals surface area contributed by atoms with E-state index in [1.807, 2.05) is 13.8 Å². The maximum Gasteiger partial charge on any atom is 0.222 e. The van der Waals surface area contributed by atoms with Crippen LogP contribution < -0.4 is 5.32 Å². The van der Waals surface area contributed by atoms with E-state index in [-0.39, 0.29) is 11.8 Å². The highest BCUT2D eigenvalue weighted by atomic mass is 16.5. The van der Waals surface area contributed by atoms with E-state index in [0.29, 0.717) is 13.2 Å². The van der Waals surface area contributed by atoms with E-state index in [1.54, 1.807) is 0 Å². The van der Waals surface area contributed by atoms with Crippen LogP contribution in [0.2, 0.25) is 0 Å². The molecule has 0 aliphatic heterocycles. The van der Waals surface area contributed by atoms with Crippen LogP contribution >= 0.6 is 0 Å². The molecular formula is C10H19NO2. The summed E-state index contributed by atoms with van der Waals surface area (Å²) in [5.41, 5.74) is 0. The Morgan fingerprint density at radius 1 is 1.54 bits per heavy atom. The molecule has 3 nitrogen and oxygen atoms in total. The Morgan fingerprint density at radius 2 is 2.23 bits per heavy atom. The summed E-state index contributed by atoms with van der Waals surface area (Å²) in [4.78, 5) is 11.1. The van der Waals surface area contributed by atoms with Crippen molar-refractivity contribution >= 4 is 5.91 Å². The fourth-order valence-electron chi connectivity index (χ4n) is 0.985. The van der Waals surface area contributed by atoms with Crippen LogP contribution in [0.5, 0.6) is 0 Å². The predicted molar refractivity (Wildman–Crippen MR) is 51.4 cm³/mol. The van der Waals surface area contributed by atoms with E-state index in [2.05, 4.69) is 5.32 Å². The Balaban J connectivity index is 1.85. The first-order valence-electron chi connectivity index (χ1n) is 5.05. The average Bonchev–Trinajstić information content (AvgIpc) is 2.87. The molecule has 1 aliphatic carbocycles. The first kappa shape index (κ1) is 10.5. The van der Waals surface area contributed by atoms with E-state index < -0.39 is 0 Å². The molecule has 0 spiro atoms. The zero-order valence-corrected chi connectivity index (χ0v) is 8.51. The van der Waals surface area contributed by atoms with Gasteiger partial charge in [0.1, 0.15) is 0 Å². The Morgan fingerprint density at radius 3 is 2.77 bits per heavy atom. The van der Waals surface area contributed by atoms with Gasteiger partial charge in [0, 0.05) is 19.1 Å². The number of ether oxygens (including phenoxy) is 1. The Hall–Kier alpha value is -0.570. The lowest BCUT2D eigenvalue weighted by Gasteiger charge is -2.07. The summed E-state index contributed by atoms with van der Waals surface area (Å²) in [5, 5.41) is 2.81. The predicted octanol–water partition coefficient (Wildman–Crippen LogP) is 1.19. The molecule has 76 valence electrons. The summed E-state index contributed by atoms with van der Waals surface area (Å²) in [6.45, 7) is 5.94. The van der Waals surface area contributed by atoms with Crippen LogP contribution in [0.4, 0.5) is 0 Å². The van der Waals surface area contributed by atoms with E-state index in [4.69, 9.17) is 4.74 Å². The molecule has 0 aromatic heterocycles. The van der Waals surface area contributed by atoms with Gasteiger partial charge < -0.3 is 10.1 Å². The minimum atomic E-state index is 0.0726. The minimum absolute atomic E-state index is 0.0726. The number of hydrogen-bond acceptors (Lipinski definition) is 2. The van der Waals surface area contributed by atoms with Gasteiger partial charge in [0.15, 0.2) is 0 Å². The van der Waals surface area contributed by atoms with Gasteiger partial charge >= 0.3 is 0 Å². The minimum Gasteiger partial charge on any atom is -0.379 e. The van der Waals surface area contributed by atoms with Gasteiger partial charge in [-0.3, -0.25) is 4.79 Å². The third-order valence-electron chi connectivity index (χ3n) is 2.12. The molecule has 1 amide bonds. The SMILES string of the molecule is CC(C)C(=O)NCCOCC1CC1. The highest BCUT2D eigenvalue weighted by Gasteiger charge is 2.20. The summed E-state index contributed by atoms with van der Waals surface area (Å²) in [5.74, 6) is 0.985. The Bertz CT molecular complexity index is 164. The van der Waals surface area contributed by atoms with Crippen LogP contribution in [-0.2, 0) is 9.53 Å². The first-order chi connectivity index (χ1) is 6.20. The maximum absolute atomic E-state index is 11.1. The molecule has 1 aliphatic rings. The first-order valence-corrected chi connectivity index (χ1v) is 5.05. The second-order valence-corrected chi connectivity index (χ2v) is 3.96. The lowest BCUT2D eigenvalue weighted by Crippen LogP contribution is -2.30. The van der Waals surface area contributed by atoms with Crippen molar-refractivity contribution in [2.24, 2.45) is 11.8 Å². The van der Waals surface area contributed by atoms with E-state index in [1.165, 1.54) is 12.8 Å². The smallest absolute Gasteiger partial charge is 0.222 e. The summed E-state index contributed by atoms with van der Waals surface area (Å²) in [7, 11) is 0. The molecule has 0 saturated heterocycles. The van der Waals surface area contributed by atoms with Gasteiger partial charge in [-0.25, -0.2) is 0 Å². The van der Waals surface area contributed by atoms with Gasteiger partial charge in [-0.05, 0) is 18.8 Å². The molecule has 1 N–H and O–H groups in total. The van der Waals surface area contributed by atoms with Gasteiger partial charge in [-0.15, -0.1) is 0 Å². The zero-order chi connectivity index (χ0) is 9.68. The number of hydrogen-bond donors (Lipinski definition) is 1. The molecule has 3 heteroatoms. The Kier molecular flexibility index (Phi) is 4.22. The van der Waals surface area contributed by atoms with Crippen molar-refractivity contribution in [1.82, 2.24) is 5.32 Å². The maximum atomic E-state index is 11.1. The van der Waals surface area contributed by atoms with Gasteiger partial charge in [0.05, 0.1) is 6.61 Å². The largest absolute Gasteiger partial charge is 0.379 e. The van der Waals surface area contributed by atoms with Crippen molar-refractivity contribution < 1.29 is 9.53 Å². The number of carbonyl (C=O) groups excluding carboxylic acids is 1. The van der Waals surface area contributed by atoms with Gasteiger partial charge in [0.2, 0.25) is 5.91 Å². The van der Waals surface area contributed by atoms with Gasteiger partial charge in [-0.1, -0.05) is 13.8 Å². The normalized spacial score (nSPS) is 16.2. The van der Waals surface area contributed by atoms with Gasteiger partial charge in [0.25, 0.3) is 0 Å². The van der Waals surface area contributed by atoms with Crippen LogP contribution in [0, 0.1) is 11.8 Å². The van der Waals surface area contributed by atoms with Crippen molar-refractivity contribution in [3.63, 3.8) is 0 Å². The summed E-state index contributed by atoms with van der Waals surface area (Å²) >= 11 is 0. The molecule has 1 fully saturated rings. The van der Waals surface area contributed by atoms with E-state index >= 15 is 0 Å². The standard InChI is InChI=1S/C10H19NO2/c1-8(2)10(12)11-5-6-13-7-9-3-4-9/h8-9H,3-7H2,1-2H3,(H,11,12). The lowest BCUT2D eigenvalue weighted by atomic mass is 10.2. The lowest BCUT2D eigenvalue weighted by molar-refractivity contribution is -0.124. The molecule has 0 unspecified atom stereocenters. The quantitative estimate of drug-likeness (QED) is 0.631. The van der Waals surface area contributed by atoms with Crippen LogP contribution in [0.3, 0.4) is 0 Å². The summed E-state index contributed by atoms with van der Waals surface area (Å²) in [6, 6.07) is 0. The molecule has 1 rings (SSSR count). The highest BCUT2D eigenvalue weighted by Crippen LogP contribution is 2.28. The molecule has 13 heavy (non-hydrogen) atoms. The molecule has 0 heterocycles. The molecule has 0 bridgehead atoms. The number of rotatable bonds is 6. The van der Waals surface area contributed by atoms with Crippen LogP contribution in [0.15, 0.2) is 0 Å². The molecule has 1 saturated carbocycles. The topological polar surface area (TPSA) is 38.3 Å². The summed E-state index contributed by atoms with van der Waals surface area (Å²) in [6.07, 6.45) is 2.64. The van der Waals surface area contributed by atoms with Gasteiger partial charge in [-0.2, -0.15) is 0 Å². The van der Waals surface area contributed by atoms with E-state index in [0.717, 1.165) is 12.5 Å². The monoisotopic (exact) mass is 185 g/mol. The van der Waals surface area contributed by atoms with Crippen LogP contribution in [-0.4, -0.2) is 25.7 Å². The third-order valence-corrected chi connectivity index (χ3v) is 2.12. The molecule has 0 atom stereocenters. The van der Waals surface area contributed by atoms with Crippen molar-refractivity contribution in [3.8, 4) is 0 Å². The molecule has 0 radical (unpaired) electrons. The fraction of sp³-hybridized carbons (Fsp3) is 0.900. The highest BCUT2D eigenvalue weighted by molar-refractivity contribution is 5.77. The molecular weight excluding hydrogens is 166 g/mol.